The fourth-order valence-corrected chi connectivity index (χ4v) is 1.43. The lowest BCUT2D eigenvalue weighted by atomic mass is 10.3. The van der Waals surface area contributed by atoms with Gasteiger partial charge in [0.2, 0.25) is 0 Å². The summed E-state index contributed by atoms with van der Waals surface area (Å²) < 4.78 is 34.3. The molecule has 0 aliphatic heterocycles. The van der Waals surface area contributed by atoms with Crippen LogP contribution in [0.5, 0.6) is 0 Å². The highest BCUT2D eigenvalue weighted by Crippen LogP contribution is 2.08. The van der Waals surface area contributed by atoms with E-state index >= 15 is 0 Å². The molecule has 7 heteroatoms. The number of hydrogen-bond donors (Lipinski definition) is 1. The van der Waals surface area contributed by atoms with E-state index in [-0.39, 0.29) is 12.3 Å². The number of rotatable bonds is 4. The second-order valence-electron chi connectivity index (χ2n) is 3.23. The molecule has 1 heterocycles. The highest BCUT2D eigenvalue weighted by atomic mass is 32.2. The number of halogens is 1. The lowest BCUT2D eigenvalue weighted by molar-refractivity contribution is 0.539. The second-order valence-corrected chi connectivity index (χ2v) is 5.49. The Bertz CT molecular complexity index is 447. The zero-order valence-corrected chi connectivity index (χ0v) is 9.31. The van der Waals surface area contributed by atoms with Crippen molar-refractivity contribution in [2.24, 2.45) is 0 Å². The maximum absolute atomic E-state index is 12.6. The summed E-state index contributed by atoms with van der Waals surface area (Å²) in [5.74, 6) is 0.309. The van der Waals surface area contributed by atoms with Crippen molar-refractivity contribution in [2.75, 3.05) is 23.9 Å². The van der Waals surface area contributed by atoms with Crippen molar-refractivity contribution >= 4 is 15.7 Å². The Hall–Kier alpha value is -1.24. The zero-order chi connectivity index (χ0) is 11.5. The Morgan fingerprint density at radius 3 is 2.80 bits per heavy atom. The van der Waals surface area contributed by atoms with Gasteiger partial charge in [0.05, 0.1) is 5.75 Å². The maximum Gasteiger partial charge on any atom is 0.310 e. The number of aryl methyl sites for hydroxylation is 1. The fourth-order valence-electron chi connectivity index (χ4n) is 0.954. The van der Waals surface area contributed by atoms with Gasteiger partial charge in [-0.3, -0.25) is 0 Å². The van der Waals surface area contributed by atoms with E-state index < -0.39 is 15.9 Å². The van der Waals surface area contributed by atoms with Gasteiger partial charge in [0.15, 0.2) is 0 Å². The molecule has 0 aromatic carbocycles. The second kappa shape index (κ2) is 4.52. The topological polar surface area (TPSA) is 72.0 Å². The van der Waals surface area contributed by atoms with Gasteiger partial charge in [0.25, 0.3) is 0 Å². The van der Waals surface area contributed by atoms with E-state index in [0.29, 0.717) is 11.4 Å². The summed E-state index contributed by atoms with van der Waals surface area (Å²) in [6.07, 6.45) is 1.65. The van der Waals surface area contributed by atoms with Gasteiger partial charge in [0, 0.05) is 24.6 Å². The number of sulfone groups is 1. The molecule has 0 bridgehead atoms. The van der Waals surface area contributed by atoms with Gasteiger partial charge < -0.3 is 5.32 Å². The quantitative estimate of drug-likeness (QED) is 0.761. The Balaban J connectivity index is 2.61. The van der Waals surface area contributed by atoms with E-state index in [1.807, 2.05) is 0 Å². The maximum atomic E-state index is 12.6. The minimum atomic E-state index is -3.02. The number of hydrogen-bond acceptors (Lipinski definition) is 5. The van der Waals surface area contributed by atoms with Crippen molar-refractivity contribution in [2.45, 2.75) is 6.92 Å². The molecule has 0 fully saturated rings. The smallest absolute Gasteiger partial charge is 0.310 e. The third kappa shape index (κ3) is 4.20. The summed E-state index contributed by atoms with van der Waals surface area (Å²) in [5.41, 5.74) is 0.671. The monoisotopic (exact) mass is 233 g/mol. The molecule has 0 saturated heterocycles. The van der Waals surface area contributed by atoms with Crippen molar-refractivity contribution in [1.82, 2.24) is 9.97 Å². The van der Waals surface area contributed by atoms with Crippen LogP contribution in [-0.2, 0) is 9.84 Å². The van der Waals surface area contributed by atoms with E-state index in [4.69, 9.17) is 0 Å². The Labute approximate surface area is 87.7 Å². The van der Waals surface area contributed by atoms with E-state index in [2.05, 4.69) is 15.3 Å². The first-order chi connectivity index (χ1) is 6.88. The average Bonchev–Trinajstić information content (AvgIpc) is 2.09. The standard InChI is InChI=1S/C8H12FN3O2S/c1-6-5-11-8(9)12-7(6)10-3-4-15(2,13)14/h5H,3-4H2,1-2H3,(H,10,11,12). The third-order valence-corrected chi connectivity index (χ3v) is 2.65. The molecule has 1 rings (SSSR count). The molecule has 1 aromatic rings. The fraction of sp³-hybridized carbons (Fsp3) is 0.500. The molecule has 84 valence electrons. The van der Waals surface area contributed by atoms with Crippen molar-refractivity contribution in [1.29, 1.82) is 0 Å². The third-order valence-electron chi connectivity index (χ3n) is 1.71. The number of anilines is 1. The van der Waals surface area contributed by atoms with Crippen molar-refractivity contribution < 1.29 is 12.8 Å². The van der Waals surface area contributed by atoms with Crippen molar-refractivity contribution in [3.05, 3.63) is 17.8 Å². The highest BCUT2D eigenvalue weighted by Gasteiger charge is 2.05. The van der Waals surface area contributed by atoms with Gasteiger partial charge >= 0.3 is 6.08 Å². The van der Waals surface area contributed by atoms with Crippen molar-refractivity contribution in [3.63, 3.8) is 0 Å². The van der Waals surface area contributed by atoms with Gasteiger partial charge in [-0.15, -0.1) is 0 Å². The van der Waals surface area contributed by atoms with Crippen molar-refractivity contribution in [3.8, 4) is 0 Å². The van der Waals surface area contributed by atoms with Crippen LogP contribution >= 0.6 is 0 Å². The number of aromatic nitrogens is 2. The highest BCUT2D eigenvalue weighted by molar-refractivity contribution is 7.90. The lowest BCUT2D eigenvalue weighted by Crippen LogP contribution is -2.15. The summed E-state index contributed by atoms with van der Waals surface area (Å²) in [5, 5.41) is 2.74. The number of nitrogens with one attached hydrogen (secondary N) is 1. The van der Waals surface area contributed by atoms with E-state index in [0.717, 1.165) is 6.26 Å². The van der Waals surface area contributed by atoms with Gasteiger partial charge in [-0.2, -0.15) is 9.37 Å². The predicted molar refractivity (Wildman–Crippen MR) is 54.9 cm³/mol. The molecule has 0 saturated carbocycles. The number of nitrogens with zero attached hydrogens (tertiary/aromatic N) is 2. The molecular formula is C8H12FN3O2S. The molecule has 0 radical (unpaired) electrons. The Morgan fingerprint density at radius 1 is 1.53 bits per heavy atom. The van der Waals surface area contributed by atoms with Crippen LogP contribution < -0.4 is 5.32 Å². The molecule has 5 nitrogen and oxygen atoms in total. The molecule has 1 aromatic heterocycles. The van der Waals surface area contributed by atoms with Gasteiger partial charge in [0.1, 0.15) is 15.7 Å². The Kier molecular flexibility index (Phi) is 3.57. The summed E-state index contributed by atoms with van der Waals surface area (Å²) in [6.45, 7) is 1.92. The first kappa shape index (κ1) is 11.8. The minimum absolute atomic E-state index is 0.0158. The normalized spacial score (nSPS) is 11.4. The molecule has 0 spiro atoms. The minimum Gasteiger partial charge on any atom is -0.369 e. The van der Waals surface area contributed by atoms with Gasteiger partial charge in [-0.05, 0) is 6.92 Å². The summed E-state index contributed by atoms with van der Waals surface area (Å²) in [7, 11) is -3.02. The van der Waals surface area contributed by atoms with E-state index in [9.17, 15) is 12.8 Å². The summed E-state index contributed by atoms with van der Waals surface area (Å²) >= 11 is 0. The van der Waals surface area contributed by atoms with E-state index in [1.165, 1.54) is 6.20 Å². The van der Waals surface area contributed by atoms with Crippen LogP contribution in [0.15, 0.2) is 6.20 Å². The zero-order valence-electron chi connectivity index (χ0n) is 8.49. The van der Waals surface area contributed by atoms with Crippen LogP contribution in [0.25, 0.3) is 0 Å². The molecule has 0 aliphatic rings. The van der Waals surface area contributed by atoms with Crippen LogP contribution in [0, 0.1) is 13.0 Å². The van der Waals surface area contributed by atoms with Crippen LogP contribution in [0.3, 0.4) is 0 Å². The molecular weight excluding hydrogens is 221 g/mol. The van der Waals surface area contributed by atoms with Crippen LogP contribution in [0.4, 0.5) is 10.2 Å². The van der Waals surface area contributed by atoms with Crippen LogP contribution in [0.1, 0.15) is 5.56 Å². The van der Waals surface area contributed by atoms with Crippen LogP contribution in [-0.4, -0.2) is 36.9 Å². The predicted octanol–water partition coefficient (Wildman–Crippen LogP) is 0.381. The molecule has 0 amide bonds. The van der Waals surface area contributed by atoms with Gasteiger partial charge in [-0.25, -0.2) is 13.4 Å². The first-order valence-electron chi connectivity index (χ1n) is 4.29. The summed E-state index contributed by atoms with van der Waals surface area (Å²) in [4.78, 5) is 6.87. The first-order valence-corrected chi connectivity index (χ1v) is 6.35. The SMILES string of the molecule is Cc1cnc(F)nc1NCCS(C)(=O)=O. The average molecular weight is 233 g/mol. The molecule has 0 unspecified atom stereocenters. The van der Waals surface area contributed by atoms with Gasteiger partial charge in [-0.1, -0.05) is 0 Å². The molecule has 0 aliphatic carbocycles. The molecule has 1 N–H and O–H groups in total. The largest absolute Gasteiger partial charge is 0.369 e. The van der Waals surface area contributed by atoms with E-state index in [1.54, 1.807) is 6.92 Å². The molecule has 0 atom stereocenters. The van der Waals surface area contributed by atoms with Crippen LogP contribution in [0.2, 0.25) is 0 Å². The summed E-state index contributed by atoms with van der Waals surface area (Å²) in [6, 6.07) is 0. The lowest BCUT2D eigenvalue weighted by Gasteiger charge is -2.06. The molecule has 15 heavy (non-hydrogen) atoms. The Morgan fingerprint density at radius 2 is 2.20 bits per heavy atom.